The van der Waals surface area contributed by atoms with Crippen molar-refractivity contribution in [2.75, 3.05) is 42.5 Å². The van der Waals surface area contributed by atoms with Gasteiger partial charge in [-0.05, 0) is 43.3 Å². The summed E-state index contributed by atoms with van der Waals surface area (Å²) >= 11 is 10.9. The third-order valence-corrected chi connectivity index (χ3v) is 6.12. The van der Waals surface area contributed by atoms with Crippen LogP contribution in [0.5, 0.6) is 23.0 Å². The number of rotatable bonds is 8. The van der Waals surface area contributed by atoms with E-state index in [1.54, 1.807) is 43.3 Å². The van der Waals surface area contributed by atoms with Gasteiger partial charge in [0.15, 0.2) is 0 Å². The van der Waals surface area contributed by atoms with Crippen LogP contribution in [0.1, 0.15) is 27.6 Å². The summed E-state index contributed by atoms with van der Waals surface area (Å²) in [6.45, 7) is 1.75. The smallest absolute Gasteiger partial charge is 0.275 e. The number of nitrogens with one attached hydrogen (secondary N) is 2. The molecule has 0 bridgehead atoms. The fraction of sp³-hybridized carbons (Fsp3) is 0.333. The summed E-state index contributed by atoms with van der Waals surface area (Å²) in [6.07, 6.45) is 0. The number of benzene rings is 2. The molecule has 2 aromatic rings. The zero-order chi connectivity index (χ0) is 27.0. The van der Waals surface area contributed by atoms with E-state index in [2.05, 4.69) is 10.9 Å². The Labute approximate surface area is 221 Å². The molecule has 194 valence electrons. The van der Waals surface area contributed by atoms with Crippen molar-refractivity contribution in [2.45, 2.75) is 6.92 Å². The average Bonchev–Trinajstić information content (AvgIpc) is 2.90. The van der Waals surface area contributed by atoms with Crippen LogP contribution in [0.3, 0.4) is 0 Å². The van der Waals surface area contributed by atoms with Gasteiger partial charge in [-0.15, -0.1) is 0 Å². The lowest BCUT2D eigenvalue weighted by Gasteiger charge is -2.27. The first-order valence-electron chi connectivity index (χ1n) is 10.7. The van der Waals surface area contributed by atoms with Crippen LogP contribution in [0.2, 0.25) is 0 Å². The van der Waals surface area contributed by atoms with E-state index in [9.17, 15) is 9.59 Å². The molecule has 0 spiro atoms. The number of nitrogens with zero attached hydrogens (tertiary/aromatic N) is 2. The molecular weight excluding hydrogens is 504 g/mol. The molecule has 0 aliphatic heterocycles. The minimum absolute atomic E-state index is 0.269. The van der Waals surface area contributed by atoms with Crippen molar-refractivity contribution >= 4 is 46.2 Å². The fourth-order valence-electron chi connectivity index (χ4n) is 3.07. The van der Waals surface area contributed by atoms with Gasteiger partial charge in [0.1, 0.15) is 33.0 Å². The Kier molecular flexibility index (Phi) is 10.2. The van der Waals surface area contributed by atoms with Crippen molar-refractivity contribution < 1.29 is 28.5 Å². The number of thiocarbonyl (C=S) groups is 2. The Morgan fingerprint density at radius 1 is 0.722 bits per heavy atom. The van der Waals surface area contributed by atoms with Crippen molar-refractivity contribution in [3.8, 4) is 23.0 Å². The van der Waals surface area contributed by atoms with E-state index < -0.39 is 17.7 Å². The number of carbonyl (C=O) groups excluding carboxylic acids is 2. The summed E-state index contributed by atoms with van der Waals surface area (Å²) in [5, 5.41) is 2.46. The molecule has 0 radical (unpaired) electrons. The Morgan fingerprint density at radius 3 is 1.39 bits per heavy atom. The van der Waals surface area contributed by atoms with Crippen LogP contribution in [-0.2, 0) is 0 Å². The molecule has 0 unspecified atom stereocenters. The molecule has 0 aliphatic carbocycles. The number of hydrogen-bond acceptors (Lipinski definition) is 8. The molecular formula is C24H30N4O6S2. The van der Waals surface area contributed by atoms with Gasteiger partial charge in [0.05, 0.1) is 45.5 Å². The average molecular weight is 535 g/mol. The van der Waals surface area contributed by atoms with Gasteiger partial charge < -0.3 is 18.9 Å². The van der Waals surface area contributed by atoms with E-state index in [0.717, 1.165) is 0 Å². The van der Waals surface area contributed by atoms with E-state index in [1.165, 1.54) is 52.6 Å². The minimum Gasteiger partial charge on any atom is -0.497 e. The Bertz CT molecular complexity index is 1060. The Hall–Kier alpha value is -3.64. The summed E-state index contributed by atoms with van der Waals surface area (Å²) in [5.74, 6) is 0.494. The SMILES string of the molecule is COc1ccc(OC)c(C(=O)N(C)NC(=S)C(C)C(=S)NN(C)C(=O)c2cc(OC)ccc2OC)c1. The predicted molar refractivity (Wildman–Crippen MR) is 144 cm³/mol. The van der Waals surface area contributed by atoms with Gasteiger partial charge in [0, 0.05) is 14.1 Å². The van der Waals surface area contributed by atoms with E-state index in [1.807, 2.05) is 0 Å². The lowest BCUT2D eigenvalue weighted by atomic mass is 10.1. The summed E-state index contributed by atoms with van der Waals surface area (Å²) in [6, 6.07) is 9.82. The molecule has 0 saturated carbocycles. The van der Waals surface area contributed by atoms with Crippen LogP contribution in [0.15, 0.2) is 36.4 Å². The number of carbonyl (C=O) groups is 2. The lowest BCUT2D eigenvalue weighted by Crippen LogP contribution is -2.50. The molecule has 2 aromatic carbocycles. The van der Waals surface area contributed by atoms with Crippen LogP contribution in [0.4, 0.5) is 0 Å². The maximum absolute atomic E-state index is 13.0. The van der Waals surface area contributed by atoms with Crippen molar-refractivity contribution in [2.24, 2.45) is 5.92 Å². The summed E-state index contributed by atoms with van der Waals surface area (Å²) in [5.41, 5.74) is 6.32. The highest BCUT2D eigenvalue weighted by atomic mass is 32.1. The van der Waals surface area contributed by atoms with Crippen LogP contribution >= 0.6 is 24.4 Å². The predicted octanol–water partition coefficient (Wildman–Crippen LogP) is 2.87. The second-order valence-electron chi connectivity index (χ2n) is 7.53. The maximum atomic E-state index is 13.0. The topological polar surface area (TPSA) is 102 Å². The minimum atomic E-state index is -0.514. The first-order chi connectivity index (χ1) is 17.1. The van der Waals surface area contributed by atoms with E-state index >= 15 is 0 Å². The number of amides is 2. The highest BCUT2D eigenvalue weighted by Gasteiger charge is 2.24. The monoisotopic (exact) mass is 534 g/mol. The standard InChI is InChI=1S/C24H30N4O6S2/c1-14(21(35)25-27(2)23(29)17-12-15(31-4)8-10-19(17)33-6)22(36)26-28(3)24(30)18-13-16(32-5)9-11-20(18)34-7/h8-14H,1-7H3,(H,25,35)(H,26,36). The van der Waals surface area contributed by atoms with Crippen LogP contribution < -0.4 is 29.8 Å². The van der Waals surface area contributed by atoms with Gasteiger partial charge in [-0.1, -0.05) is 24.4 Å². The molecule has 0 heterocycles. The first kappa shape index (κ1) is 28.6. The normalized spacial score (nSPS) is 10.2. The highest BCUT2D eigenvalue weighted by molar-refractivity contribution is 7.82. The number of hydrazine groups is 2. The van der Waals surface area contributed by atoms with Gasteiger partial charge in [0.25, 0.3) is 11.8 Å². The van der Waals surface area contributed by atoms with Gasteiger partial charge in [0.2, 0.25) is 0 Å². The molecule has 2 N–H and O–H groups in total. The van der Waals surface area contributed by atoms with Crippen LogP contribution in [-0.4, -0.2) is 74.3 Å². The largest absolute Gasteiger partial charge is 0.497 e. The number of ether oxygens (including phenoxy) is 4. The van der Waals surface area contributed by atoms with E-state index in [0.29, 0.717) is 34.1 Å². The molecule has 2 amide bonds. The Morgan fingerprint density at radius 2 is 1.08 bits per heavy atom. The van der Waals surface area contributed by atoms with Gasteiger partial charge >= 0.3 is 0 Å². The Balaban J connectivity index is 2.07. The van der Waals surface area contributed by atoms with Gasteiger partial charge in [-0.3, -0.25) is 30.5 Å². The van der Waals surface area contributed by atoms with E-state index in [4.69, 9.17) is 43.4 Å². The third kappa shape index (κ3) is 6.73. The second-order valence-corrected chi connectivity index (χ2v) is 8.41. The molecule has 10 nitrogen and oxygen atoms in total. The quantitative estimate of drug-likeness (QED) is 0.388. The molecule has 0 aromatic heterocycles. The third-order valence-electron chi connectivity index (χ3n) is 5.23. The number of methoxy groups -OCH3 is 4. The van der Waals surface area contributed by atoms with Gasteiger partial charge in [-0.2, -0.15) is 0 Å². The summed E-state index contributed by atoms with van der Waals surface area (Å²) in [7, 11) is 9.02. The summed E-state index contributed by atoms with van der Waals surface area (Å²) < 4.78 is 21.0. The van der Waals surface area contributed by atoms with E-state index in [-0.39, 0.29) is 9.98 Å². The van der Waals surface area contributed by atoms with Crippen molar-refractivity contribution in [3.63, 3.8) is 0 Å². The zero-order valence-corrected chi connectivity index (χ0v) is 22.8. The first-order valence-corrected chi connectivity index (χ1v) is 11.5. The molecule has 36 heavy (non-hydrogen) atoms. The molecule has 12 heteroatoms. The highest BCUT2D eigenvalue weighted by Crippen LogP contribution is 2.26. The summed E-state index contributed by atoms with van der Waals surface area (Å²) in [4.78, 5) is 26.5. The van der Waals surface area contributed by atoms with Crippen molar-refractivity contribution in [1.82, 2.24) is 20.9 Å². The zero-order valence-electron chi connectivity index (χ0n) is 21.2. The van der Waals surface area contributed by atoms with Crippen LogP contribution in [0, 0.1) is 5.92 Å². The lowest BCUT2D eigenvalue weighted by molar-refractivity contribution is 0.0751. The molecule has 2 rings (SSSR count). The molecule has 0 aliphatic rings. The maximum Gasteiger partial charge on any atom is 0.275 e. The fourth-order valence-corrected chi connectivity index (χ4v) is 3.65. The van der Waals surface area contributed by atoms with Crippen molar-refractivity contribution in [1.29, 1.82) is 0 Å². The van der Waals surface area contributed by atoms with Gasteiger partial charge in [-0.25, -0.2) is 0 Å². The van der Waals surface area contributed by atoms with Crippen molar-refractivity contribution in [3.05, 3.63) is 47.5 Å². The molecule has 0 atom stereocenters. The molecule has 0 fully saturated rings. The molecule has 0 saturated heterocycles. The number of hydrogen-bond donors (Lipinski definition) is 2. The van der Waals surface area contributed by atoms with Crippen LogP contribution in [0.25, 0.3) is 0 Å². The second kappa shape index (κ2) is 12.9.